The topological polar surface area (TPSA) is 45.5 Å². The summed E-state index contributed by atoms with van der Waals surface area (Å²) < 4.78 is 18.3. The Balaban J connectivity index is 1.80. The normalized spacial score (nSPS) is 10.4. The number of anilines is 2. The van der Waals surface area contributed by atoms with Gasteiger partial charge in [-0.1, -0.05) is 12.1 Å². The molecule has 0 unspecified atom stereocenters. The minimum absolute atomic E-state index is 0.128. The maximum atomic E-state index is 13.0. The van der Waals surface area contributed by atoms with Crippen LogP contribution >= 0.6 is 0 Å². The van der Waals surface area contributed by atoms with Crippen molar-refractivity contribution < 1.29 is 13.6 Å². The number of amides is 1. The van der Waals surface area contributed by atoms with E-state index in [1.165, 1.54) is 12.1 Å². The molecular formula is C19H17FN2O2. The third-order valence-electron chi connectivity index (χ3n) is 3.60. The first-order valence-corrected chi connectivity index (χ1v) is 7.53. The van der Waals surface area contributed by atoms with Crippen molar-refractivity contribution in [2.45, 2.75) is 6.54 Å². The van der Waals surface area contributed by atoms with Gasteiger partial charge in [0.25, 0.3) is 5.91 Å². The largest absolute Gasteiger partial charge is 0.467 e. The van der Waals surface area contributed by atoms with E-state index in [1.807, 2.05) is 24.3 Å². The first-order valence-electron chi connectivity index (χ1n) is 7.53. The molecule has 0 radical (unpaired) electrons. The molecule has 5 heteroatoms. The SMILES string of the molecule is CN(Cc1ccco1)C(=O)c1ccccc1Nc1ccc(F)cc1. The lowest BCUT2D eigenvalue weighted by Crippen LogP contribution is -2.26. The number of carbonyl (C=O) groups is 1. The van der Waals surface area contributed by atoms with Crippen LogP contribution in [0.25, 0.3) is 0 Å². The predicted molar refractivity (Wildman–Crippen MR) is 90.6 cm³/mol. The van der Waals surface area contributed by atoms with Gasteiger partial charge in [-0.3, -0.25) is 4.79 Å². The average Bonchev–Trinajstić information content (AvgIpc) is 3.10. The van der Waals surface area contributed by atoms with Crippen LogP contribution in [-0.4, -0.2) is 17.9 Å². The van der Waals surface area contributed by atoms with E-state index >= 15 is 0 Å². The molecule has 0 spiro atoms. The lowest BCUT2D eigenvalue weighted by atomic mass is 10.1. The van der Waals surface area contributed by atoms with E-state index in [0.717, 1.165) is 5.76 Å². The number of para-hydroxylation sites is 1. The number of halogens is 1. The molecule has 0 aliphatic rings. The summed E-state index contributed by atoms with van der Waals surface area (Å²) in [5, 5.41) is 3.16. The van der Waals surface area contributed by atoms with Gasteiger partial charge >= 0.3 is 0 Å². The van der Waals surface area contributed by atoms with Crippen molar-refractivity contribution in [3.63, 3.8) is 0 Å². The highest BCUT2D eigenvalue weighted by Crippen LogP contribution is 2.22. The van der Waals surface area contributed by atoms with Gasteiger partial charge in [0.15, 0.2) is 0 Å². The van der Waals surface area contributed by atoms with E-state index in [0.29, 0.717) is 23.5 Å². The molecule has 3 aromatic rings. The molecule has 1 aromatic heterocycles. The monoisotopic (exact) mass is 324 g/mol. The fourth-order valence-corrected chi connectivity index (χ4v) is 2.38. The molecule has 4 nitrogen and oxygen atoms in total. The van der Waals surface area contributed by atoms with Gasteiger partial charge in [-0.2, -0.15) is 0 Å². The van der Waals surface area contributed by atoms with E-state index in [-0.39, 0.29) is 11.7 Å². The standard InChI is InChI=1S/C19H17FN2O2/c1-22(13-16-5-4-12-24-16)19(23)17-6-2-3-7-18(17)21-15-10-8-14(20)9-11-15/h2-12,21H,13H2,1H3. The second kappa shape index (κ2) is 7.00. The first-order chi connectivity index (χ1) is 11.6. The molecule has 0 fully saturated rings. The summed E-state index contributed by atoms with van der Waals surface area (Å²) >= 11 is 0. The Morgan fingerprint density at radius 1 is 1.08 bits per heavy atom. The van der Waals surface area contributed by atoms with Crippen molar-refractivity contribution in [2.75, 3.05) is 12.4 Å². The van der Waals surface area contributed by atoms with Crippen molar-refractivity contribution in [1.29, 1.82) is 0 Å². The molecule has 0 aliphatic heterocycles. The molecule has 1 amide bonds. The molecule has 0 saturated heterocycles. The number of carbonyl (C=O) groups excluding carboxylic acids is 1. The Labute approximate surface area is 139 Å². The lowest BCUT2D eigenvalue weighted by Gasteiger charge is -2.18. The van der Waals surface area contributed by atoms with Gasteiger partial charge in [0.1, 0.15) is 11.6 Å². The number of furan rings is 1. The van der Waals surface area contributed by atoms with Crippen LogP contribution in [0.3, 0.4) is 0 Å². The number of benzene rings is 2. The summed E-state index contributed by atoms with van der Waals surface area (Å²) in [6.07, 6.45) is 1.58. The van der Waals surface area contributed by atoms with Gasteiger partial charge in [0, 0.05) is 12.7 Å². The van der Waals surface area contributed by atoms with Gasteiger partial charge in [-0.15, -0.1) is 0 Å². The first kappa shape index (κ1) is 15.8. The fourth-order valence-electron chi connectivity index (χ4n) is 2.38. The molecule has 2 aromatic carbocycles. The van der Waals surface area contributed by atoms with E-state index in [2.05, 4.69) is 5.32 Å². The molecule has 122 valence electrons. The number of hydrogen-bond acceptors (Lipinski definition) is 3. The molecule has 3 rings (SSSR count). The van der Waals surface area contributed by atoms with Crippen molar-refractivity contribution in [1.82, 2.24) is 4.90 Å². The Bertz CT molecular complexity index is 814. The molecule has 1 heterocycles. The molecule has 1 N–H and O–H groups in total. The number of hydrogen-bond donors (Lipinski definition) is 1. The maximum Gasteiger partial charge on any atom is 0.256 e. The zero-order valence-corrected chi connectivity index (χ0v) is 13.2. The smallest absolute Gasteiger partial charge is 0.256 e. The van der Waals surface area contributed by atoms with Crippen molar-refractivity contribution >= 4 is 17.3 Å². The van der Waals surface area contributed by atoms with E-state index in [9.17, 15) is 9.18 Å². The van der Waals surface area contributed by atoms with Gasteiger partial charge in [0.05, 0.1) is 24.1 Å². The highest BCUT2D eigenvalue weighted by atomic mass is 19.1. The summed E-state index contributed by atoms with van der Waals surface area (Å²) in [7, 11) is 1.72. The highest BCUT2D eigenvalue weighted by Gasteiger charge is 2.16. The number of nitrogens with zero attached hydrogens (tertiary/aromatic N) is 1. The van der Waals surface area contributed by atoms with Crippen molar-refractivity contribution in [3.05, 3.63) is 84.1 Å². The van der Waals surface area contributed by atoms with Crippen LogP contribution in [-0.2, 0) is 6.54 Å². The van der Waals surface area contributed by atoms with Crippen LogP contribution in [0.15, 0.2) is 71.3 Å². The third-order valence-corrected chi connectivity index (χ3v) is 3.60. The van der Waals surface area contributed by atoms with Crippen LogP contribution in [0.5, 0.6) is 0 Å². The number of rotatable bonds is 5. The average molecular weight is 324 g/mol. The predicted octanol–water partition coefficient (Wildman–Crippen LogP) is 4.43. The van der Waals surface area contributed by atoms with E-state index < -0.39 is 0 Å². The molecule has 0 atom stereocenters. The molecule has 0 saturated carbocycles. The molecule has 0 aliphatic carbocycles. The van der Waals surface area contributed by atoms with Crippen LogP contribution < -0.4 is 5.32 Å². The van der Waals surface area contributed by atoms with Gasteiger partial charge in [0.2, 0.25) is 0 Å². The van der Waals surface area contributed by atoms with Crippen LogP contribution in [0.1, 0.15) is 16.1 Å². The fraction of sp³-hybridized carbons (Fsp3) is 0.105. The minimum atomic E-state index is -0.303. The van der Waals surface area contributed by atoms with Crippen molar-refractivity contribution in [2.24, 2.45) is 0 Å². The second-order valence-corrected chi connectivity index (χ2v) is 5.42. The zero-order chi connectivity index (χ0) is 16.9. The van der Waals surface area contributed by atoms with Gasteiger partial charge < -0.3 is 14.6 Å². The van der Waals surface area contributed by atoms with Crippen molar-refractivity contribution in [3.8, 4) is 0 Å². The van der Waals surface area contributed by atoms with Gasteiger partial charge in [-0.25, -0.2) is 4.39 Å². The Kier molecular flexibility index (Phi) is 4.61. The second-order valence-electron chi connectivity index (χ2n) is 5.42. The zero-order valence-electron chi connectivity index (χ0n) is 13.2. The Hall–Kier alpha value is -3.08. The quantitative estimate of drug-likeness (QED) is 0.755. The van der Waals surface area contributed by atoms with E-state index in [1.54, 1.807) is 42.5 Å². The number of nitrogens with one attached hydrogen (secondary N) is 1. The lowest BCUT2D eigenvalue weighted by molar-refractivity contribution is 0.0776. The third kappa shape index (κ3) is 3.63. The summed E-state index contributed by atoms with van der Waals surface area (Å²) in [6.45, 7) is 0.386. The summed E-state index contributed by atoms with van der Waals surface area (Å²) in [6, 6.07) is 16.8. The van der Waals surface area contributed by atoms with Gasteiger partial charge in [-0.05, 0) is 48.5 Å². The van der Waals surface area contributed by atoms with Crippen LogP contribution in [0, 0.1) is 5.82 Å². The Morgan fingerprint density at radius 2 is 1.83 bits per heavy atom. The Morgan fingerprint density at radius 3 is 2.54 bits per heavy atom. The van der Waals surface area contributed by atoms with Crippen LogP contribution in [0.2, 0.25) is 0 Å². The van der Waals surface area contributed by atoms with E-state index in [4.69, 9.17) is 4.42 Å². The summed E-state index contributed by atoms with van der Waals surface area (Å²) in [5.74, 6) is 0.287. The summed E-state index contributed by atoms with van der Waals surface area (Å²) in [5.41, 5.74) is 1.92. The minimum Gasteiger partial charge on any atom is -0.467 e. The molecule has 24 heavy (non-hydrogen) atoms. The van der Waals surface area contributed by atoms with Crippen LogP contribution in [0.4, 0.5) is 15.8 Å². The molecular weight excluding hydrogens is 307 g/mol. The summed E-state index contributed by atoms with van der Waals surface area (Å²) in [4.78, 5) is 14.3. The maximum absolute atomic E-state index is 13.0. The highest BCUT2D eigenvalue weighted by molar-refractivity contribution is 6.00. The molecule has 0 bridgehead atoms.